The first-order valence-electron chi connectivity index (χ1n) is 9.22. The van der Waals surface area contributed by atoms with E-state index in [1.165, 1.54) is 11.6 Å². The first-order chi connectivity index (χ1) is 13.8. The lowest BCUT2D eigenvalue weighted by Gasteiger charge is -2.23. The van der Waals surface area contributed by atoms with Crippen molar-refractivity contribution >= 4 is 23.2 Å². The highest BCUT2D eigenvalue weighted by molar-refractivity contribution is 6.39. The van der Waals surface area contributed by atoms with Gasteiger partial charge in [-0.3, -0.25) is 9.59 Å². The maximum Gasteiger partial charge on any atom is 0.416 e. The molecule has 29 heavy (non-hydrogen) atoms. The standard InChI is InChI=1S/C21H20F3N3O2/c22-21(23,24)16-7-4-8-18(13-16)25-19(28)20(29)27-26-17-11-9-15(10-12-17)14-5-2-1-3-6-14/h1-8,13,15H,9-12H2,(H,25,28)(H,27,29). The number of anilines is 1. The van der Waals surface area contributed by atoms with Gasteiger partial charge in [0.1, 0.15) is 0 Å². The number of halogens is 3. The average Bonchev–Trinajstić information content (AvgIpc) is 2.72. The molecule has 0 unspecified atom stereocenters. The first kappa shape index (κ1) is 20.6. The van der Waals surface area contributed by atoms with Crippen molar-refractivity contribution in [2.24, 2.45) is 5.10 Å². The van der Waals surface area contributed by atoms with Crippen LogP contribution in [0.3, 0.4) is 0 Å². The lowest BCUT2D eigenvalue weighted by molar-refractivity contribution is -0.137. The van der Waals surface area contributed by atoms with Crippen molar-refractivity contribution in [3.63, 3.8) is 0 Å². The fraction of sp³-hybridized carbons (Fsp3) is 0.286. The van der Waals surface area contributed by atoms with Crippen molar-refractivity contribution < 1.29 is 22.8 Å². The fourth-order valence-electron chi connectivity index (χ4n) is 3.26. The molecule has 1 aliphatic carbocycles. The molecule has 152 valence electrons. The number of carbonyl (C=O) groups excluding carboxylic acids is 2. The van der Waals surface area contributed by atoms with Gasteiger partial charge in [0.2, 0.25) is 0 Å². The van der Waals surface area contributed by atoms with Gasteiger partial charge in [-0.05, 0) is 55.4 Å². The number of hydrogen-bond acceptors (Lipinski definition) is 3. The molecule has 0 saturated heterocycles. The number of hydrazone groups is 1. The molecule has 0 spiro atoms. The Labute approximate surface area is 166 Å². The number of benzene rings is 2. The molecule has 0 bridgehead atoms. The Balaban J connectivity index is 1.51. The highest BCUT2D eigenvalue weighted by Crippen LogP contribution is 2.32. The Morgan fingerprint density at radius 2 is 1.62 bits per heavy atom. The van der Waals surface area contributed by atoms with Crippen LogP contribution in [-0.4, -0.2) is 17.5 Å². The number of rotatable bonds is 3. The van der Waals surface area contributed by atoms with Gasteiger partial charge in [-0.15, -0.1) is 0 Å². The lowest BCUT2D eigenvalue weighted by Crippen LogP contribution is -2.33. The van der Waals surface area contributed by atoms with E-state index in [1.807, 2.05) is 18.2 Å². The molecule has 1 fully saturated rings. The Hall–Kier alpha value is -3.16. The van der Waals surface area contributed by atoms with E-state index in [0.717, 1.165) is 36.8 Å². The summed E-state index contributed by atoms with van der Waals surface area (Å²) >= 11 is 0. The molecule has 2 aromatic carbocycles. The fourth-order valence-corrected chi connectivity index (χ4v) is 3.26. The van der Waals surface area contributed by atoms with Gasteiger partial charge < -0.3 is 5.32 Å². The van der Waals surface area contributed by atoms with Crippen LogP contribution in [0.5, 0.6) is 0 Å². The van der Waals surface area contributed by atoms with Gasteiger partial charge in [0.05, 0.1) is 5.56 Å². The molecule has 0 heterocycles. The van der Waals surface area contributed by atoms with E-state index >= 15 is 0 Å². The zero-order valence-electron chi connectivity index (χ0n) is 15.5. The first-order valence-corrected chi connectivity index (χ1v) is 9.22. The summed E-state index contributed by atoms with van der Waals surface area (Å²) in [5.74, 6) is -1.67. The lowest BCUT2D eigenvalue weighted by atomic mass is 9.83. The molecule has 1 saturated carbocycles. The van der Waals surface area contributed by atoms with E-state index in [0.29, 0.717) is 18.8 Å². The topological polar surface area (TPSA) is 70.6 Å². The molecule has 0 aromatic heterocycles. The van der Waals surface area contributed by atoms with Crippen LogP contribution in [0.4, 0.5) is 18.9 Å². The molecule has 3 rings (SSSR count). The van der Waals surface area contributed by atoms with Crippen LogP contribution in [0.15, 0.2) is 59.7 Å². The minimum Gasteiger partial charge on any atom is -0.318 e. The number of amides is 2. The average molecular weight is 403 g/mol. The summed E-state index contributed by atoms with van der Waals surface area (Å²) in [6, 6.07) is 14.2. The molecule has 0 radical (unpaired) electrons. The normalized spacial score (nSPS) is 16.8. The van der Waals surface area contributed by atoms with Crippen LogP contribution in [0.2, 0.25) is 0 Å². The van der Waals surface area contributed by atoms with E-state index in [4.69, 9.17) is 0 Å². The van der Waals surface area contributed by atoms with Crippen LogP contribution in [0.25, 0.3) is 0 Å². The Morgan fingerprint density at radius 3 is 2.28 bits per heavy atom. The maximum absolute atomic E-state index is 12.7. The summed E-state index contributed by atoms with van der Waals surface area (Å²) in [5.41, 5.74) is 3.22. The summed E-state index contributed by atoms with van der Waals surface area (Å²) in [6.45, 7) is 0. The molecule has 0 atom stereocenters. The van der Waals surface area contributed by atoms with Crippen LogP contribution < -0.4 is 10.7 Å². The van der Waals surface area contributed by atoms with Gasteiger partial charge >= 0.3 is 18.0 Å². The number of nitrogens with one attached hydrogen (secondary N) is 2. The van der Waals surface area contributed by atoms with Crippen molar-refractivity contribution in [2.45, 2.75) is 37.8 Å². The van der Waals surface area contributed by atoms with Gasteiger partial charge in [-0.1, -0.05) is 36.4 Å². The number of nitrogens with zero attached hydrogens (tertiary/aromatic N) is 1. The van der Waals surface area contributed by atoms with Crippen LogP contribution >= 0.6 is 0 Å². The van der Waals surface area contributed by atoms with Gasteiger partial charge in [0.15, 0.2) is 0 Å². The zero-order valence-corrected chi connectivity index (χ0v) is 15.5. The van der Waals surface area contributed by atoms with Gasteiger partial charge in [-0.2, -0.15) is 18.3 Å². The van der Waals surface area contributed by atoms with Crippen molar-refractivity contribution in [3.05, 3.63) is 65.7 Å². The molecule has 5 nitrogen and oxygen atoms in total. The van der Waals surface area contributed by atoms with Crippen molar-refractivity contribution in [3.8, 4) is 0 Å². The molecular formula is C21H20F3N3O2. The third-order valence-electron chi connectivity index (χ3n) is 4.80. The van der Waals surface area contributed by atoms with Gasteiger partial charge in [-0.25, -0.2) is 5.43 Å². The zero-order chi connectivity index (χ0) is 20.9. The second-order valence-electron chi connectivity index (χ2n) is 6.84. The molecular weight excluding hydrogens is 383 g/mol. The molecule has 2 amide bonds. The summed E-state index contributed by atoms with van der Waals surface area (Å²) in [4.78, 5) is 23.8. The molecule has 1 aliphatic rings. The summed E-state index contributed by atoms with van der Waals surface area (Å²) < 4.78 is 38.2. The minimum absolute atomic E-state index is 0.115. The monoisotopic (exact) mass is 403 g/mol. The Kier molecular flexibility index (Phi) is 6.31. The summed E-state index contributed by atoms with van der Waals surface area (Å²) in [5, 5.41) is 6.16. The summed E-state index contributed by atoms with van der Waals surface area (Å²) in [6.07, 6.45) is -1.33. The van der Waals surface area contributed by atoms with E-state index in [9.17, 15) is 22.8 Å². The highest BCUT2D eigenvalue weighted by atomic mass is 19.4. The predicted octanol–water partition coefficient (Wildman–Crippen LogP) is 4.47. The van der Waals surface area contributed by atoms with Gasteiger partial charge in [0.25, 0.3) is 0 Å². The van der Waals surface area contributed by atoms with E-state index < -0.39 is 23.6 Å². The van der Waals surface area contributed by atoms with E-state index in [1.54, 1.807) is 0 Å². The van der Waals surface area contributed by atoms with Gasteiger partial charge in [0, 0.05) is 11.4 Å². The van der Waals surface area contributed by atoms with Crippen LogP contribution in [0.1, 0.15) is 42.7 Å². The van der Waals surface area contributed by atoms with Crippen molar-refractivity contribution in [1.29, 1.82) is 0 Å². The van der Waals surface area contributed by atoms with E-state index in [2.05, 4.69) is 28.0 Å². The smallest absolute Gasteiger partial charge is 0.318 e. The SMILES string of the molecule is O=C(NN=C1CCC(c2ccccc2)CC1)C(=O)Nc1cccc(C(F)(F)F)c1. The minimum atomic E-state index is -4.53. The Morgan fingerprint density at radius 1 is 0.931 bits per heavy atom. The number of carbonyl (C=O) groups is 2. The predicted molar refractivity (Wildman–Crippen MR) is 103 cm³/mol. The molecule has 2 N–H and O–H groups in total. The highest BCUT2D eigenvalue weighted by Gasteiger charge is 2.30. The van der Waals surface area contributed by atoms with E-state index in [-0.39, 0.29) is 5.69 Å². The number of alkyl halides is 3. The Bertz CT molecular complexity index is 901. The largest absolute Gasteiger partial charge is 0.416 e. The maximum atomic E-state index is 12.7. The molecule has 0 aliphatic heterocycles. The third-order valence-corrected chi connectivity index (χ3v) is 4.80. The van der Waals surface area contributed by atoms with Crippen molar-refractivity contribution in [2.75, 3.05) is 5.32 Å². The second kappa shape index (κ2) is 8.89. The molecule has 2 aromatic rings. The van der Waals surface area contributed by atoms with Crippen molar-refractivity contribution in [1.82, 2.24) is 5.43 Å². The third kappa shape index (κ3) is 5.66. The summed E-state index contributed by atoms with van der Waals surface area (Å²) in [7, 11) is 0. The molecule has 8 heteroatoms. The number of hydrogen-bond donors (Lipinski definition) is 2. The quantitative estimate of drug-likeness (QED) is 0.586. The van der Waals surface area contributed by atoms with Crippen LogP contribution in [0, 0.1) is 0 Å². The second-order valence-corrected chi connectivity index (χ2v) is 6.84. The van der Waals surface area contributed by atoms with Crippen LogP contribution in [-0.2, 0) is 15.8 Å².